The Balaban J connectivity index is 1.54. The molecule has 0 radical (unpaired) electrons. The van der Waals surface area contributed by atoms with Gasteiger partial charge in [-0.05, 0) is 31.5 Å². The van der Waals surface area contributed by atoms with Crippen molar-refractivity contribution in [3.8, 4) is 0 Å². The van der Waals surface area contributed by atoms with Gasteiger partial charge in [-0.2, -0.15) is 0 Å². The van der Waals surface area contributed by atoms with Gasteiger partial charge >= 0.3 is 5.97 Å². The highest BCUT2D eigenvalue weighted by Crippen LogP contribution is 2.18. The van der Waals surface area contributed by atoms with Crippen molar-refractivity contribution in [1.29, 1.82) is 0 Å². The number of nitro benzene ring substituents is 1. The molecule has 9 heteroatoms. The van der Waals surface area contributed by atoms with Gasteiger partial charge < -0.3 is 14.6 Å². The smallest absolute Gasteiger partial charge is 0.325 e. The average molecular weight is 449 g/mol. The fourth-order valence-electron chi connectivity index (χ4n) is 3.38. The second-order valence-electron chi connectivity index (χ2n) is 7.43. The third-order valence-corrected chi connectivity index (χ3v) is 5.13. The molecular weight excluding hydrogens is 426 g/mol. The summed E-state index contributed by atoms with van der Waals surface area (Å²) in [5, 5.41) is 13.1. The summed E-state index contributed by atoms with van der Waals surface area (Å²) < 4.78 is 7.03. The second kappa shape index (κ2) is 10.4. The predicted octanol–water partition coefficient (Wildman–Crippen LogP) is 3.22. The lowest BCUT2D eigenvalue weighted by atomic mass is 10.1. The number of nitrogens with zero attached hydrogens (tertiary/aromatic N) is 2. The Morgan fingerprint density at radius 2 is 1.76 bits per heavy atom. The first-order valence-electron chi connectivity index (χ1n) is 10.2. The molecule has 0 aliphatic heterocycles. The Labute approximate surface area is 190 Å². The number of aromatic nitrogens is 1. The van der Waals surface area contributed by atoms with Crippen LogP contribution < -0.4 is 5.32 Å². The number of non-ortho nitro benzene ring substituents is 1. The van der Waals surface area contributed by atoms with Crippen molar-refractivity contribution in [2.24, 2.45) is 0 Å². The number of carbonyl (C=O) groups excluding carboxylic acids is 3. The number of rotatable bonds is 9. The van der Waals surface area contributed by atoms with Crippen LogP contribution in [0, 0.1) is 24.0 Å². The third-order valence-electron chi connectivity index (χ3n) is 5.13. The molecule has 0 fully saturated rings. The molecule has 0 saturated heterocycles. The number of benzene rings is 2. The number of ether oxygens (including phenoxy) is 1. The van der Waals surface area contributed by atoms with E-state index in [1.165, 1.54) is 18.2 Å². The van der Waals surface area contributed by atoms with E-state index in [2.05, 4.69) is 5.32 Å². The summed E-state index contributed by atoms with van der Waals surface area (Å²) in [6, 6.07) is 16.7. The maximum Gasteiger partial charge on any atom is 0.325 e. The van der Waals surface area contributed by atoms with Gasteiger partial charge in [-0.25, -0.2) is 0 Å². The first-order chi connectivity index (χ1) is 15.8. The largest absolute Gasteiger partial charge is 0.456 e. The number of nitrogens with one attached hydrogen (secondary N) is 1. The van der Waals surface area contributed by atoms with Crippen LogP contribution in [0.4, 0.5) is 5.69 Å². The number of aryl methyl sites for hydroxylation is 1. The zero-order valence-corrected chi connectivity index (χ0v) is 18.2. The van der Waals surface area contributed by atoms with Crippen LogP contribution in [-0.2, 0) is 16.1 Å². The van der Waals surface area contributed by atoms with Crippen LogP contribution in [0.15, 0.2) is 60.7 Å². The molecule has 33 heavy (non-hydrogen) atoms. The van der Waals surface area contributed by atoms with E-state index in [1.807, 2.05) is 48.7 Å². The normalized spacial score (nSPS) is 10.5. The first kappa shape index (κ1) is 23.4. The standard InChI is InChI=1S/C24H23N3O6/c1-16-11-21(17(2)26(16)14-18-7-4-3-5-8-18)22(28)15-33-23(29)13-25-24(30)19-9-6-10-20(12-19)27(31)32/h3-12H,13-15H2,1-2H3,(H,25,30). The van der Waals surface area contributed by atoms with Crippen LogP contribution in [0.1, 0.15) is 37.7 Å². The van der Waals surface area contributed by atoms with E-state index >= 15 is 0 Å². The number of hydrogen-bond acceptors (Lipinski definition) is 6. The van der Waals surface area contributed by atoms with Crippen molar-refractivity contribution in [3.63, 3.8) is 0 Å². The molecule has 0 unspecified atom stereocenters. The molecule has 2 aromatic carbocycles. The fraction of sp³-hybridized carbons (Fsp3) is 0.208. The van der Waals surface area contributed by atoms with Gasteiger partial charge in [-0.15, -0.1) is 0 Å². The molecule has 0 spiro atoms. The van der Waals surface area contributed by atoms with Crippen LogP contribution in [-0.4, -0.2) is 40.3 Å². The molecule has 0 aliphatic carbocycles. The molecule has 1 aromatic heterocycles. The number of nitro groups is 1. The van der Waals surface area contributed by atoms with Crippen molar-refractivity contribution >= 4 is 23.3 Å². The minimum absolute atomic E-state index is 0.0407. The van der Waals surface area contributed by atoms with E-state index in [0.717, 1.165) is 23.0 Å². The van der Waals surface area contributed by atoms with Crippen molar-refractivity contribution in [2.45, 2.75) is 20.4 Å². The minimum Gasteiger partial charge on any atom is -0.456 e. The highest BCUT2D eigenvalue weighted by atomic mass is 16.6. The van der Waals surface area contributed by atoms with Gasteiger partial charge in [0.1, 0.15) is 6.54 Å². The third kappa shape index (κ3) is 5.91. The van der Waals surface area contributed by atoms with Gasteiger partial charge in [0.05, 0.1) is 4.92 Å². The zero-order valence-electron chi connectivity index (χ0n) is 18.2. The average Bonchev–Trinajstić information content (AvgIpc) is 3.10. The Hall–Kier alpha value is -4.27. The molecule has 1 amide bonds. The lowest BCUT2D eigenvalue weighted by Crippen LogP contribution is -2.31. The van der Waals surface area contributed by atoms with Gasteiger partial charge in [0.2, 0.25) is 5.78 Å². The van der Waals surface area contributed by atoms with Crippen molar-refractivity contribution < 1.29 is 24.0 Å². The summed E-state index contributed by atoms with van der Waals surface area (Å²) in [7, 11) is 0. The minimum atomic E-state index is -0.791. The van der Waals surface area contributed by atoms with E-state index in [-0.39, 0.29) is 17.0 Å². The van der Waals surface area contributed by atoms with Gasteiger partial charge in [0, 0.05) is 41.2 Å². The molecule has 0 bridgehead atoms. The van der Waals surface area contributed by atoms with E-state index < -0.39 is 30.0 Å². The SMILES string of the molecule is Cc1cc(C(=O)COC(=O)CNC(=O)c2cccc([N+](=O)[O-])c2)c(C)n1Cc1ccccc1. The second-order valence-corrected chi connectivity index (χ2v) is 7.43. The Kier molecular flexibility index (Phi) is 7.34. The molecule has 0 atom stereocenters. The van der Waals surface area contributed by atoms with Crippen LogP contribution >= 0.6 is 0 Å². The fourth-order valence-corrected chi connectivity index (χ4v) is 3.38. The maximum atomic E-state index is 12.6. The topological polar surface area (TPSA) is 121 Å². The number of carbonyl (C=O) groups is 3. The highest BCUT2D eigenvalue weighted by molar-refractivity contribution is 6.00. The van der Waals surface area contributed by atoms with E-state index in [4.69, 9.17) is 4.74 Å². The van der Waals surface area contributed by atoms with Gasteiger partial charge in [0.25, 0.3) is 11.6 Å². The number of Topliss-reactive ketones (excluding diaryl/α,β-unsaturated/α-hetero) is 1. The zero-order chi connectivity index (χ0) is 24.0. The summed E-state index contributed by atoms with van der Waals surface area (Å²) in [5.41, 5.74) is 3.06. The predicted molar refractivity (Wildman–Crippen MR) is 120 cm³/mol. The monoisotopic (exact) mass is 449 g/mol. The van der Waals surface area contributed by atoms with Crippen LogP contribution in [0.2, 0.25) is 0 Å². The van der Waals surface area contributed by atoms with Crippen molar-refractivity contribution in [3.05, 3.63) is 98.9 Å². The summed E-state index contributed by atoms with van der Waals surface area (Å²) in [4.78, 5) is 46.9. The molecular formula is C24H23N3O6. The molecule has 170 valence electrons. The number of amides is 1. The Morgan fingerprint density at radius 3 is 2.45 bits per heavy atom. The van der Waals surface area contributed by atoms with Gasteiger partial charge in [0.15, 0.2) is 6.61 Å². The molecule has 3 aromatic rings. The van der Waals surface area contributed by atoms with E-state index in [9.17, 15) is 24.5 Å². The van der Waals surface area contributed by atoms with Crippen molar-refractivity contribution in [1.82, 2.24) is 9.88 Å². The van der Waals surface area contributed by atoms with E-state index in [1.54, 1.807) is 6.07 Å². The van der Waals surface area contributed by atoms with E-state index in [0.29, 0.717) is 12.1 Å². The lowest BCUT2D eigenvalue weighted by Gasteiger charge is -2.10. The molecule has 1 heterocycles. The number of ketones is 1. The van der Waals surface area contributed by atoms with Crippen molar-refractivity contribution in [2.75, 3.05) is 13.2 Å². The number of esters is 1. The van der Waals surface area contributed by atoms with Crippen LogP contribution in [0.3, 0.4) is 0 Å². The summed E-state index contributed by atoms with van der Waals surface area (Å²) in [6.45, 7) is 3.44. The number of hydrogen-bond donors (Lipinski definition) is 1. The Bertz CT molecular complexity index is 1200. The molecule has 3 rings (SSSR count). The molecule has 0 aliphatic rings. The lowest BCUT2D eigenvalue weighted by molar-refractivity contribution is -0.384. The van der Waals surface area contributed by atoms with Crippen LogP contribution in [0.25, 0.3) is 0 Å². The van der Waals surface area contributed by atoms with Crippen LogP contribution in [0.5, 0.6) is 0 Å². The summed E-state index contributed by atoms with van der Waals surface area (Å²) in [5.74, 6) is -1.80. The summed E-state index contributed by atoms with van der Waals surface area (Å²) in [6.07, 6.45) is 0. The maximum absolute atomic E-state index is 12.6. The first-order valence-corrected chi connectivity index (χ1v) is 10.2. The molecule has 9 nitrogen and oxygen atoms in total. The van der Waals surface area contributed by atoms with Gasteiger partial charge in [-0.1, -0.05) is 36.4 Å². The van der Waals surface area contributed by atoms with Gasteiger partial charge in [-0.3, -0.25) is 24.5 Å². The summed E-state index contributed by atoms with van der Waals surface area (Å²) >= 11 is 0. The molecule has 0 saturated carbocycles. The quantitative estimate of drug-likeness (QED) is 0.232. The molecule has 1 N–H and O–H groups in total. The highest BCUT2D eigenvalue weighted by Gasteiger charge is 2.18. The Morgan fingerprint density at radius 1 is 1.03 bits per heavy atom.